The van der Waals surface area contributed by atoms with Crippen LogP contribution < -0.4 is 11.1 Å². The predicted octanol–water partition coefficient (Wildman–Crippen LogP) is 3.32. The number of aromatic nitrogens is 2. The molecule has 3 aromatic heterocycles. The molecule has 6 heteroatoms. The number of hydrogen-bond donors (Lipinski definition) is 2. The van der Waals surface area contributed by atoms with Crippen LogP contribution in [0.4, 0.5) is 11.5 Å². The van der Waals surface area contributed by atoms with Crippen molar-refractivity contribution in [3.8, 4) is 0 Å². The maximum absolute atomic E-state index is 12.5. The minimum atomic E-state index is -0.233. The number of nitrogens with two attached hydrogens (primary N) is 1. The monoisotopic (exact) mass is 324 g/mol. The number of aryl methyl sites for hydroxylation is 3. The topological polar surface area (TPSA) is 80.9 Å². The van der Waals surface area contributed by atoms with Crippen molar-refractivity contribution in [2.24, 2.45) is 0 Å². The van der Waals surface area contributed by atoms with Gasteiger partial charge in [-0.25, -0.2) is 9.97 Å². The molecule has 0 atom stereocenters. The van der Waals surface area contributed by atoms with Crippen molar-refractivity contribution in [1.82, 2.24) is 9.97 Å². The lowest BCUT2D eigenvalue weighted by molar-refractivity contribution is 0.103. The Balaban J connectivity index is 1.71. The second-order valence-electron chi connectivity index (χ2n) is 5.76. The molecule has 1 aliphatic carbocycles. The molecular formula is C17H16N4OS. The van der Waals surface area contributed by atoms with Crippen LogP contribution in [-0.4, -0.2) is 15.9 Å². The van der Waals surface area contributed by atoms with Crippen LogP contribution in [0.1, 0.15) is 33.0 Å². The standard InChI is InChI=1S/C17H16N4OS/c1-9-4-2-7-13(19-9)21-16(22)15-14(18)11-8-10-5-3-6-12(10)20-17(11)23-15/h2,4,7-8H,3,5-6,18H2,1H3,(H,19,21,22). The zero-order valence-electron chi connectivity index (χ0n) is 12.7. The number of carbonyl (C=O) groups excluding carboxylic acids is 1. The molecule has 0 unspecified atom stereocenters. The summed E-state index contributed by atoms with van der Waals surface area (Å²) in [6.07, 6.45) is 3.20. The van der Waals surface area contributed by atoms with Gasteiger partial charge in [-0.15, -0.1) is 11.3 Å². The first-order chi connectivity index (χ1) is 11.1. The van der Waals surface area contributed by atoms with E-state index in [0.717, 1.165) is 40.9 Å². The fraction of sp³-hybridized carbons (Fsp3) is 0.235. The smallest absolute Gasteiger partial charge is 0.269 e. The van der Waals surface area contributed by atoms with Crippen molar-refractivity contribution >= 4 is 39.0 Å². The van der Waals surface area contributed by atoms with Crippen molar-refractivity contribution in [1.29, 1.82) is 0 Å². The van der Waals surface area contributed by atoms with Gasteiger partial charge in [-0.3, -0.25) is 4.79 Å². The third-order valence-electron chi connectivity index (χ3n) is 4.09. The number of anilines is 2. The number of thiophene rings is 1. The van der Waals surface area contributed by atoms with Crippen molar-refractivity contribution in [2.75, 3.05) is 11.1 Å². The second-order valence-corrected chi connectivity index (χ2v) is 6.76. The number of carbonyl (C=O) groups is 1. The quantitative estimate of drug-likeness (QED) is 0.757. The van der Waals surface area contributed by atoms with E-state index in [1.807, 2.05) is 19.1 Å². The van der Waals surface area contributed by atoms with Gasteiger partial charge < -0.3 is 11.1 Å². The molecule has 0 aliphatic heterocycles. The fourth-order valence-electron chi connectivity index (χ4n) is 2.95. The molecule has 3 aromatic rings. The Hall–Kier alpha value is -2.47. The number of pyridine rings is 2. The number of amides is 1. The van der Waals surface area contributed by atoms with E-state index >= 15 is 0 Å². The summed E-state index contributed by atoms with van der Waals surface area (Å²) in [4.78, 5) is 22.8. The average Bonchev–Trinajstić information content (AvgIpc) is 3.10. The van der Waals surface area contributed by atoms with Crippen LogP contribution in [0, 0.1) is 6.92 Å². The lowest BCUT2D eigenvalue weighted by atomic mass is 10.1. The maximum atomic E-state index is 12.5. The Labute approximate surface area is 137 Å². The lowest BCUT2D eigenvalue weighted by Gasteiger charge is -2.04. The van der Waals surface area contributed by atoms with Gasteiger partial charge >= 0.3 is 0 Å². The third kappa shape index (κ3) is 2.45. The predicted molar refractivity (Wildman–Crippen MR) is 93.0 cm³/mol. The second kappa shape index (κ2) is 5.31. The van der Waals surface area contributed by atoms with Crippen LogP contribution in [0.5, 0.6) is 0 Å². The van der Waals surface area contributed by atoms with E-state index in [0.29, 0.717) is 16.4 Å². The molecule has 3 heterocycles. The molecule has 1 aliphatic rings. The van der Waals surface area contributed by atoms with E-state index in [9.17, 15) is 4.79 Å². The molecule has 0 bridgehead atoms. The number of nitrogens with one attached hydrogen (secondary N) is 1. The lowest BCUT2D eigenvalue weighted by Crippen LogP contribution is -2.13. The molecule has 0 aromatic carbocycles. The van der Waals surface area contributed by atoms with Crippen molar-refractivity contribution < 1.29 is 4.79 Å². The Morgan fingerprint density at radius 1 is 1.30 bits per heavy atom. The first-order valence-electron chi connectivity index (χ1n) is 7.57. The van der Waals surface area contributed by atoms with Gasteiger partial charge in [-0.2, -0.15) is 0 Å². The molecule has 3 N–H and O–H groups in total. The van der Waals surface area contributed by atoms with Crippen LogP contribution in [0.3, 0.4) is 0 Å². The molecule has 0 saturated heterocycles. The minimum Gasteiger partial charge on any atom is -0.397 e. The minimum absolute atomic E-state index is 0.233. The molecular weight excluding hydrogens is 308 g/mol. The SMILES string of the molecule is Cc1cccc(NC(=O)c2sc3nc4c(cc3c2N)CCC4)n1. The summed E-state index contributed by atoms with van der Waals surface area (Å²) in [5.41, 5.74) is 9.97. The van der Waals surface area contributed by atoms with Gasteiger partial charge in [0.1, 0.15) is 15.5 Å². The van der Waals surface area contributed by atoms with E-state index in [1.165, 1.54) is 16.9 Å². The van der Waals surface area contributed by atoms with Crippen LogP contribution in [0.15, 0.2) is 24.3 Å². The average molecular weight is 324 g/mol. The number of fused-ring (bicyclic) bond motifs is 2. The molecule has 116 valence electrons. The van der Waals surface area contributed by atoms with Gasteiger partial charge in [-0.1, -0.05) is 6.07 Å². The molecule has 23 heavy (non-hydrogen) atoms. The van der Waals surface area contributed by atoms with Gasteiger partial charge in [0.25, 0.3) is 5.91 Å². The highest BCUT2D eigenvalue weighted by Crippen LogP contribution is 2.36. The summed E-state index contributed by atoms with van der Waals surface area (Å²) < 4.78 is 0. The van der Waals surface area contributed by atoms with Gasteiger partial charge in [-0.05, 0) is 49.9 Å². The number of hydrogen-bond acceptors (Lipinski definition) is 5. The van der Waals surface area contributed by atoms with Crippen molar-refractivity contribution in [3.63, 3.8) is 0 Å². The number of nitrogen functional groups attached to an aromatic ring is 1. The third-order valence-corrected chi connectivity index (χ3v) is 5.20. The summed E-state index contributed by atoms with van der Waals surface area (Å²) in [6, 6.07) is 7.60. The normalized spacial score (nSPS) is 13.3. The molecule has 0 saturated carbocycles. The Morgan fingerprint density at radius 2 is 2.17 bits per heavy atom. The van der Waals surface area contributed by atoms with E-state index in [4.69, 9.17) is 5.73 Å². The maximum Gasteiger partial charge on any atom is 0.269 e. The van der Waals surface area contributed by atoms with Gasteiger partial charge in [0.2, 0.25) is 0 Å². The molecule has 0 spiro atoms. The van der Waals surface area contributed by atoms with E-state index in [2.05, 4.69) is 21.4 Å². The highest BCUT2D eigenvalue weighted by atomic mass is 32.1. The molecule has 5 nitrogen and oxygen atoms in total. The molecule has 4 rings (SSSR count). The number of nitrogens with zero attached hydrogens (tertiary/aromatic N) is 2. The summed E-state index contributed by atoms with van der Waals surface area (Å²) in [5.74, 6) is 0.297. The van der Waals surface area contributed by atoms with Crippen molar-refractivity contribution in [2.45, 2.75) is 26.2 Å². The highest BCUT2D eigenvalue weighted by molar-refractivity contribution is 7.21. The zero-order valence-corrected chi connectivity index (χ0v) is 13.5. The first-order valence-corrected chi connectivity index (χ1v) is 8.39. The largest absolute Gasteiger partial charge is 0.397 e. The summed E-state index contributed by atoms with van der Waals surface area (Å²) in [7, 11) is 0. The van der Waals surface area contributed by atoms with E-state index in [1.54, 1.807) is 6.07 Å². The van der Waals surface area contributed by atoms with Crippen LogP contribution in [-0.2, 0) is 12.8 Å². The van der Waals surface area contributed by atoms with Crippen LogP contribution in [0.2, 0.25) is 0 Å². The fourth-order valence-corrected chi connectivity index (χ4v) is 3.94. The van der Waals surface area contributed by atoms with Gasteiger partial charge in [0.15, 0.2) is 0 Å². The Morgan fingerprint density at radius 3 is 3.00 bits per heavy atom. The Kier molecular flexibility index (Phi) is 3.27. The summed E-state index contributed by atoms with van der Waals surface area (Å²) >= 11 is 1.35. The number of rotatable bonds is 2. The molecule has 0 radical (unpaired) electrons. The summed E-state index contributed by atoms with van der Waals surface area (Å²) in [6.45, 7) is 1.88. The first kappa shape index (κ1) is 14.1. The molecule has 0 fully saturated rings. The molecule has 1 amide bonds. The van der Waals surface area contributed by atoms with Crippen LogP contribution >= 0.6 is 11.3 Å². The van der Waals surface area contributed by atoms with E-state index in [-0.39, 0.29) is 5.91 Å². The van der Waals surface area contributed by atoms with Gasteiger partial charge in [0, 0.05) is 16.8 Å². The zero-order chi connectivity index (χ0) is 16.0. The van der Waals surface area contributed by atoms with Gasteiger partial charge in [0.05, 0.1) is 5.69 Å². The summed E-state index contributed by atoms with van der Waals surface area (Å²) in [5, 5.41) is 3.70. The van der Waals surface area contributed by atoms with E-state index < -0.39 is 0 Å². The Bertz CT molecular complexity index is 932. The highest BCUT2D eigenvalue weighted by Gasteiger charge is 2.21. The van der Waals surface area contributed by atoms with Crippen molar-refractivity contribution in [3.05, 3.63) is 46.1 Å². The van der Waals surface area contributed by atoms with Crippen LogP contribution in [0.25, 0.3) is 10.2 Å².